The van der Waals surface area contributed by atoms with Gasteiger partial charge in [-0.15, -0.1) is 16.7 Å². The summed E-state index contributed by atoms with van der Waals surface area (Å²) in [5.74, 6) is 0.683. The number of alkyl halides is 1. The molecule has 0 aliphatic heterocycles. The predicted molar refractivity (Wildman–Crippen MR) is 142 cm³/mol. The summed E-state index contributed by atoms with van der Waals surface area (Å²) in [6.07, 6.45) is 5.16. The van der Waals surface area contributed by atoms with E-state index in [-0.39, 0.29) is 5.91 Å². The number of carbonyl (C=O) groups is 1. The van der Waals surface area contributed by atoms with Gasteiger partial charge in [0.25, 0.3) is 5.91 Å². The highest BCUT2D eigenvalue weighted by Crippen LogP contribution is 2.25. The van der Waals surface area contributed by atoms with Crippen LogP contribution in [0.15, 0.2) is 89.6 Å². The zero-order valence-electron chi connectivity index (χ0n) is 19.9. The maximum atomic E-state index is 12.8. The number of aromatic nitrogens is 3. The summed E-state index contributed by atoms with van der Waals surface area (Å²) in [7, 11) is 1.79. The fourth-order valence-corrected chi connectivity index (χ4v) is 3.47. The molecule has 0 bridgehead atoms. The van der Waals surface area contributed by atoms with E-state index < -0.39 is 0 Å². The summed E-state index contributed by atoms with van der Waals surface area (Å²) in [5.41, 5.74) is 5.22. The van der Waals surface area contributed by atoms with Gasteiger partial charge in [0, 0.05) is 54.0 Å². The maximum Gasteiger partial charge on any atom is 0.255 e. The molecule has 0 aliphatic carbocycles. The number of rotatable bonds is 9. The normalized spacial score (nSPS) is 10.9. The van der Waals surface area contributed by atoms with E-state index in [1.807, 2.05) is 43.3 Å². The Hall–Kier alpha value is -4.37. The third kappa shape index (κ3) is 6.61. The van der Waals surface area contributed by atoms with Crippen molar-refractivity contribution in [3.05, 3.63) is 90.4 Å². The van der Waals surface area contributed by atoms with Crippen molar-refractivity contribution in [1.29, 1.82) is 0 Å². The van der Waals surface area contributed by atoms with Crippen LogP contribution in [0.5, 0.6) is 0 Å². The van der Waals surface area contributed by atoms with Crippen LogP contribution in [0, 0.1) is 6.92 Å². The van der Waals surface area contributed by atoms with Crippen molar-refractivity contribution in [1.82, 2.24) is 20.0 Å². The molecule has 0 aliphatic rings. The smallest absolute Gasteiger partial charge is 0.255 e. The SMILES string of the molecule is Cc1ccc(NC(=O)c2ccc(N=NN(C)CCCl)cc2)cc1Nc1nccc(-c2cccnc2)n1. The fraction of sp³-hybridized carbons (Fsp3) is 0.154. The number of anilines is 3. The molecule has 4 rings (SSSR count). The van der Waals surface area contributed by atoms with Crippen molar-refractivity contribution in [2.45, 2.75) is 6.92 Å². The Morgan fingerprint density at radius 3 is 2.67 bits per heavy atom. The van der Waals surface area contributed by atoms with Crippen molar-refractivity contribution in [2.24, 2.45) is 10.3 Å². The second-order valence-corrected chi connectivity index (χ2v) is 8.30. The lowest BCUT2D eigenvalue weighted by molar-refractivity contribution is 0.102. The Bertz CT molecular complexity index is 1350. The number of pyridine rings is 1. The molecule has 2 N–H and O–H groups in total. The standard InChI is InChI=1S/C26H25ClN8O/c1-18-5-8-22(30-25(36)19-6-9-21(10-7-19)33-34-35(2)15-12-27)16-24(18)32-26-29-14-11-23(31-26)20-4-3-13-28-17-20/h3-11,13-14,16-17H,12,15H2,1-2H3,(H,30,36)(H,29,31,32). The molecule has 10 heteroatoms. The number of aryl methyl sites for hydroxylation is 1. The zero-order valence-corrected chi connectivity index (χ0v) is 20.6. The minimum Gasteiger partial charge on any atom is -0.324 e. The molecule has 2 aromatic heterocycles. The second kappa shape index (κ2) is 11.9. The number of hydrogen-bond donors (Lipinski definition) is 2. The minimum absolute atomic E-state index is 0.234. The lowest BCUT2D eigenvalue weighted by Gasteiger charge is -2.12. The number of carbonyl (C=O) groups excluding carboxylic acids is 1. The molecule has 0 unspecified atom stereocenters. The van der Waals surface area contributed by atoms with Gasteiger partial charge >= 0.3 is 0 Å². The highest BCUT2D eigenvalue weighted by molar-refractivity contribution is 6.18. The Labute approximate surface area is 214 Å². The number of nitrogens with zero attached hydrogens (tertiary/aromatic N) is 6. The van der Waals surface area contributed by atoms with E-state index in [4.69, 9.17) is 11.6 Å². The molecule has 2 heterocycles. The third-order valence-corrected chi connectivity index (χ3v) is 5.37. The predicted octanol–water partition coefficient (Wildman–Crippen LogP) is 6.01. The van der Waals surface area contributed by atoms with Crippen molar-refractivity contribution >= 4 is 40.5 Å². The van der Waals surface area contributed by atoms with Gasteiger partial charge in [0.2, 0.25) is 5.95 Å². The summed E-state index contributed by atoms with van der Waals surface area (Å²) in [6, 6.07) is 18.1. The van der Waals surface area contributed by atoms with E-state index in [0.717, 1.165) is 22.5 Å². The van der Waals surface area contributed by atoms with Crippen LogP contribution in [0.25, 0.3) is 11.3 Å². The van der Waals surface area contributed by atoms with E-state index in [2.05, 4.69) is 35.9 Å². The number of nitrogens with one attached hydrogen (secondary N) is 2. The van der Waals surface area contributed by atoms with Crippen LogP contribution in [0.4, 0.5) is 23.0 Å². The van der Waals surface area contributed by atoms with Crippen molar-refractivity contribution in [2.75, 3.05) is 30.1 Å². The van der Waals surface area contributed by atoms with E-state index in [1.165, 1.54) is 0 Å². The van der Waals surface area contributed by atoms with Crippen LogP contribution in [0.1, 0.15) is 15.9 Å². The number of hydrogen-bond acceptors (Lipinski definition) is 7. The quantitative estimate of drug-likeness (QED) is 0.165. The molecule has 1 amide bonds. The van der Waals surface area contributed by atoms with Gasteiger partial charge in [-0.25, -0.2) is 9.97 Å². The molecule has 0 saturated carbocycles. The van der Waals surface area contributed by atoms with Crippen LogP contribution in [0.3, 0.4) is 0 Å². The molecule has 0 atom stereocenters. The Morgan fingerprint density at radius 2 is 1.92 bits per heavy atom. The van der Waals surface area contributed by atoms with Crippen molar-refractivity contribution in [3.8, 4) is 11.3 Å². The minimum atomic E-state index is -0.234. The molecule has 4 aromatic rings. The number of amides is 1. The molecule has 36 heavy (non-hydrogen) atoms. The Balaban J connectivity index is 1.44. The highest BCUT2D eigenvalue weighted by Gasteiger charge is 2.09. The summed E-state index contributed by atoms with van der Waals surface area (Å²) < 4.78 is 0. The van der Waals surface area contributed by atoms with Crippen LogP contribution in [0.2, 0.25) is 0 Å². The largest absolute Gasteiger partial charge is 0.324 e. The average molecular weight is 501 g/mol. The van der Waals surface area contributed by atoms with E-state index in [0.29, 0.717) is 35.3 Å². The van der Waals surface area contributed by atoms with Crippen molar-refractivity contribution < 1.29 is 4.79 Å². The maximum absolute atomic E-state index is 12.8. The Kier molecular flexibility index (Phi) is 8.15. The molecule has 0 saturated heterocycles. The number of halogens is 1. The topological polar surface area (TPSA) is 108 Å². The molecule has 9 nitrogen and oxygen atoms in total. The van der Waals surface area contributed by atoms with Gasteiger partial charge in [-0.3, -0.25) is 14.8 Å². The van der Waals surface area contributed by atoms with Gasteiger partial charge in [-0.05, 0) is 67.1 Å². The van der Waals surface area contributed by atoms with Crippen molar-refractivity contribution in [3.63, 3.8) is 0 Å². The summed E-state index contributed by atoms with van der Waals surface area (Å²) >= 11 is 5.69. The lowest BCUT2D eigenvalue weighted by atomic mass is 10.1. The van der Waals surface area contributed by atoms with Gasteiger partial charge in [-0.1, -0.05) is 11.3 Å². The van der Waals surface area contributed by atoms with Crippen LogP contribution in [-0.2, 0) is 0 Å². The van der Waals surface area contributed by atoms with Crippen LogP contribution >= 0.6 is 11.6 Å². The average Bonchev–Trinajstić information content (AvgIpc) is 2.90. The second-order valence-electron chi connectivity index (χ2n) is 7.92. The van der Waals surface area contributed by atoms with Gasteiger partial charge in [0.15, 0.2) is 0 Å². The van der Waals surface area contributed by atoms with Gasteiger partial charge < -0.3 is 10.6 Å². The van der Waals surface area contributed by atoms with Gasteiger partial charge in [0.1, 0.15) is 0 Å². The molecule has 0 spiro atoms. The van der Waals surface area contributed by atoms with Gasteiger partial charge in [-0.2, -0.15) is 0 Å². The molecular formula is C26H25ClN8O. The Morgan fingerprint density at radius 1 is 1.08 bits per heavy atom. The first-order valence-electron chi connectivity index (χ1n) is 11.2. The molecule has 2 aromatic carbocycles. The van der Waals surface area contributed by atoms with E-state index in [9.17, 15) is 4.79 Å². The van der Waals surface area contributed by atoms with Gasteiger partial charge in [0.05, 0.1) is 17.9 Å². The molecule has 0 radical (unpaired) electrons. The lowest BCUT2D eigenvalue weighted by Crippen LogP contribution is -2.12. The first kappa shape index (κ1) is 24.7. The van der Waals surface area contributed by atoms with E-state index in [1.54, 1.807) is 54.9 Å². The summed E-state index contributed by atoms with van der Waals surface area (Å²) in [5, 5.41) is 16.0. The van der Waals surface area contributed by atoms with Crippen LogP contribution < -0.4 is 10.6 Å². The van der Waals surface area contributed by atoms with Crippen LogP contribution in [-0.4, -0.2) is 45.3 Å². The monoisotopic (exact) mass is 500 g/mol. The molecule has 182 valence electrons. The zero-order chi connectivity index (χ0) is 25.3. The highest BCUT2D eigenvalue weighted by atomic mass is 35.5. The van der Waals surface area contributed by atoms with E-state index >= 15 is 0 Å². The molecule has 0 fully saturated rings. The summed E-state index contributed by atoms with van der Waals surface area (Å²) in [6.45, 7) is 2.57. The first-order valence-corrected chi connectivity index (χ1v) is 11.8. The summed E-state index contributed by atoms with van der Waals surface area (Å²) in [4.78, 5) is 25.9. The molecular weight excluding hydrogens is 476 g/mol. The third-order valence-electron chi connectivity index (χ3n) is 5.21. The first-order chi connectivity index (χ1) is 17.5. The number of benzene rings is 2. The fourth-order valence-electron chi connectivity index (χ4n) is 3.23.